The van der Waals surface area contributed by atoms with Crippen molar-refractivity contribution in [3.8, 4) is 33.4 Å². The SMILES string of the molecule is c1ccc(-c2ccc(-c3ccc(N(c4ccccc4)c4cccc5c4-c4ccccc4C5(c4ccccc4)c4ccccc4)cc3)cc2)cc1. The standard InChI is InChI=1S/C49H35N/c1-5-16-36(17-6-1)37-28-30-38(31-29-37)39-32-34-43(35-33-39)50(42-22-11-4-12-23-42)47-27-15-26-46-48(47)44-24-13-14-25-45(44)49(46,40-18-7-2-8-19-40)41-20-9-3-10-21-41/h1-35H. The lowest BCUT2D eigenvalue weighted by Crippen LogP contribution is -2.28. The number of nitrogens with zero attached hydrogens (tertiary/aromatic N) is 1. The molecule has 0 atom stereocenters. The molecule has 0 fully saturated rings. The van der Waals surface area contributed by atoms with Gasteiger partial charge in [-0.1, -0.05) is 182 Å². The van der Waals surface area contributed by atoms with Crippen LogP contribution in [0.4, 0.5) is 17.1 Å². The Morgan fingerprint density at radius 3 is 1.30 bits per heavy atom. The zero-order valence-corrected chi connectivity index (χ0v) is 27.7. The van der Waals surface area contributed by atoms with Crippen LogP contribution in [0.1, 0.15) is 22.3 Å². The lowest BCUT2D eigenvalue weighted by molar-refractivity contribution is 0.768. The van der Waals surface area contributed by atoms with Gasteiger partial charge in [0.25, 0.3) is 0 Å². The quantitative estimate of drug-likeness (QED) is 0.168. The molecule has 1 aliphatic rings. The van der Waals surface area contributed by atoms with Crippen LogP contribution in [0, 0.1) is 0 Å². The molecule has 0 amide bonds. The summed E-state index contributed by atoms with van der Waals surface area (Å²) in [7, 11) is 0. The first-order valence-electron chi connectivity index (χ1n) is 17.3. The van der Waals surface area contributed by atoms with Crippen LogP contribution in [-0.2, 0) is 5.41 Å². The van der Waals surface area contributed by atoms with Crippen LogP contribution in [0.25, 0.3) is 33.4 Å². The van der Waals surface area contributed by atoms with Crippen molar-refractivity contribution in [3.05, 3.63) is 235 Å². The summed E-state index contributed by atoms with van der Waals surface area (Å²) in [6.07, 6.45) is 0. The molecule has 0 N–H and O–H groups in total. The molecule has 1 nitrogen and oxygen atoms in total. The molecular formula is C49H35N. The minimum atomic E-state index is -0.456. The molecule has 8 aromatic carbocycles. The van der Waals surface area contributed by atoms with Gasteiger partial charge >= 0.3 is 0 Å². The molecule has 0 aromatic heterocycles. The second-order valence-electron chi connectivity index (χ2n) is 12.9. The molecule has 0 saturated heterocycles. The van der Waals surface area contributed by atoms with E-state index in [9.17, 15) is 0 Å². The average molecular weight is 638 g/mol. The van der Waals surface area contributed by atoms with Crippen molar-refractivity contribution in [2.24, 2.45) is 0 Å². The van der Waals surface area contributed by atoms with Gasteiger partial charge in [-0.05, 0) is 80.4 Å². The van der Waals surface area contributed by atoms with E-state index in [2.05, 4.69) is 217 Å². The van der Waals surface area contributed by atoms with E-state index >= 15 is 0 Å². The highest BCUT2D eigenvalue weighted by atomic mass is 15.1. The predicted octanol–water partition coefficient (Wildman–Crippen LogP) is 12.9. The van der Waals surface area contributed by atoms with Crippen LogP contribution in [0.2, 0.25) is 0 Å². The molecule has 0 saturated carbocycles. The van der Waals surface area contributed by atoms with Crippen molar-refractivity contribution >= 4 is 17.1 Å². The number of hydrogen-bond donors (Lipinski definition) is 0. The summed E-state index contributed by atoms with van der Waals surface area (Å²) in [5.74, 6) is 0. The molecule has 50 heavy (non-hydrogen) atoms. The van der Waals surface area contributed by atoms with E-state index in [-0.39, 0.29) is 0 Å². The van der Waals surface area contributed by atoms with E-state index in [1.807, 2.05) is 0 Å². The maximum Gasteiger partial charge on any atom is 0.0714 e. The van der Waals surface area contributed by atoms with Crippen molar-refractivity contribution < 1.29 is 0 Å². The number of fused-ring (bicyclic) bond motifs is 3. The molecule has 0 radical (unpaired) electrons. The van der Waals surface area contributed by atoms with Gasteiger partial charge in [-0.2, -0.15) is 0 Å². The van der Waals surface area contributed by atoms with Crippen LogP contribution in [0.3, 0.4) is 0 Å². The Kier molecular flexibility index (Phi) is 7.44. The molecule has 1 aliphatic carbocycles. The first kappa shape index (κ1) is 29.7. The third kappa shape index (κ3) is 4.86. The number of rotatable bonds is 7. The molecule has 236 valence electrons. The summed E-state index contributed by atoms with van der Waals surface area (Å²) in [5.41, 5.74) is 15.5. The smallest absolute Gasteiger partial charge is 0.0714 e. The molecule has 0 spiro atoms. The maximum absolute atomic E-state index is 2.42. The first-order chi connectivity index (χ1) is 24.8. The van der Waals surface area contributed by atoms with E-state index < -0.39 is 5.41 Å². The third-order valence-electron chi connectivity index (χ3n) is 10.2. The zero-order valence-electron chi connectivity index (χ0n) is 27.7. The Balaban J connectivity index is 1.21. The zero-order chi connectivity index (χ0) is 33.3. The van der Waals surface area contributed by atoms with E-state index in [0.717, 1.165) is 17.1 Å². The van der Waals surface area contributed by atoms with E-state index in [1.54, 1.807) is 0 Å². The fourth-order valence-electron chi connectivity index (χ4n) is 7.95. The number of benzene rings is 8. The van der Waals surface area contributed by atoms with Crippen molar-refractivity contribution in [1.29, 1.82) is 0 Å². The highest BCUT2D eigenvalue weighted by Crippen LogP contribution is 2.59. The van der Waals surface area contributed by atoms with Crippen molar-refractivity contribution in [2.45, 2.75) is 5.41 Å². The van der Waals surface area contributed by atoms with Crippen molar-refractivity contribution in [1.82, 2.24) is 0 Å². The van der Waals surface area contributed by atoms with Gasteiger partial charge in [-0.3, -0.25) is 0 Å². The van der Waals surface area contributed by atoms with Gasteiger partial charge in [0.05, 0.1) is 11.1 Å². The molecule has 9 rings (SSSR count). The second-order valence-corrected chi connectivity index (χ2v) is 12.9. The Morgan fingerprint density at radius 1 is 0.300 bits per heavy atom. The lowest BCUT2D eigenvalue weighted by atomic mass is 9.68. The summed E-state index contributed by atoms with van der Waals surface area (Å²) < 4.78 is 0. The van der Waals surface area contributed by atoms with Crippen LogP contribution in [-0.4, -0.2) is 0 Å². The summed E-state index contributed by atoms with van der Waals surface area (Å²) in [5, 5.41) is 0. The van der Waals surface area contributed by atoms with E-state index in [1.165, 1.54) is 55.6 Å². The summed E-state index contributed by atoms with van der Waals surface area (Å²) >= 11 is 0. The van der Waals surface area contributed by atoms with Crippen molar-refractivity contribution in [3.63, 3.8) is 0 Å². The van der Waals surface area contributed by atoms with Gasteiger partial charge in [0, 0.05) is 16.9 Å². The first-order valence-corrected chi connectivity index (χ1v) is 17.3. The number of anilines is 3. The number of para-hydroxylation sites is 1. The average Bonchev–Trinajstić information content (AvgIpc) is 3.51. The third-order valence-corrected chi connectivity index (χ3v) is 10.2. The van der Waals surface area contributed by atoms with Crippen LogP contribution < -0.4 is 4.90 Å². The van der Waals surface area contributed by atoms with Gasteiger partial charge in [0.2, 0.25) is 0 Å². The molecule has 8 aromatic rings. The highest BCUT2D eigenvalue weighted by Gasteiger charge is 2.47. The van der Waals surface area contributed by atoms with Crippen LogP contribution >= 0.6 is 0 Å². The van der Waals surface area contributed by atoms with Gasteiger partial charge in [0.15, 0.2) is 0 Å². The topological polar surface area (TPSA) is 3.24 Å². The molecule has 0 aliphatic heterocycles. The van der Waals surface area contributed by atoms with Gasteiger partial charge < -0.3 is 4.90 Å². The monoisotopic (exact) mass is 637 g/mol. The minimum Gasteiger partial charge on any atom is -0.310 e. The number of hydrogen-bond acceptors (Lipinski definition) is 1. The molecule has 0 heterocycles. The normalized spacial score (nSPS) is 12.6. The summed E-state index contributed by atoms with van der Waals surface area (Å²) in [4.78, 5) is 2.42. The van der Waals surface area contributed by atoms with Crippen molar-refractivity contribution in [2.75, 3.05) is 4.90 Å². The van der Waals surface area contributed by atoms with E-state index in [0.29, 0.717) is 0 Å². The minimum absolute atomic E-state index is 0.456. The fourth-order valence-corrected chi connectivity index (χ4v) is 7.95. The Morgan fingerprint density at radius 2 is 0.720 bits per heavy atom. The highest BCUT2D eigenvalue weighted by molar-refractivity contribution is 5.97. The molecule has 0 unspecified atom stereocenters. The predicted molar refractivity (Wildman–Crippen MR) is 209 cm³/mol. The van der Waals surface area contributed by atoms with Gasteiger partial charge in [-0.25, -0.2) is 0 Å². The Hall–Kier alpha value is -6.44. The fraction of sp³-hybridized carbons (Fsp3) is 0.0204. The maximum atomic E-state index is 2.42. The van der Waals surface area contributed by atoms with Gasteiger partial charge in [0.1, 0.15) is 0 Å². The van der Waals surface area contributed by atoms with E-state index in [4.69, 9.17) is 0 Å². The Labute approximate surface area is 294 Å². The molecular weight excluding hydrogens is 603 g/mol. The second kappa shape index (κ2) is 12.5. The summed E-state index contributed by atoms with van der Waals surface area (Å²) in [6, 6.07) is 77.0. The lowest BCUT2D eigenvalue weighted by Gasteiger charge is -2.34. The van der Waals surface area contributed by atoms with Gasteiger partial charge in [-0.15, -0.1) is 0 Å². The van der Waals surface area contributed by atoms with Crippen LogP contribution in [0.5, 0.6) is 0 Å². The molecule has 1 heteroatoms. The summed E-state index contributed by atoms with van der Waals surface area (Å²) in [6.45, 7) is 0. The molecule has 0 bridgehead atoms. The largest absolute Gasteiger partial charge is 0.310 e. The Bertz CT molecular complexity index is 2340. The van der Waals surface area contributed by atoms with Crippen LogP contribution in [0.15, 0.2) is 212 Å².